The number of methoxy groups -OCH3 is 1. The Morgan fingerprint density at radius 1 is 0.853 bits per heavy atom. The maximum Gasteiger partial charge on any atom is 0.229 e. The minimum Gasteiger partial charge on any atom is -0.497 e. The van der Waals surface area contributed by atoms with E-state index in [0.29, 0.717) is 18.1 Å². The Morgan fingerprint density at radius 3 is 2.24 bits per heavy atom. The molecular formula is C27H28O7. The summed E-state index contributed by atoms with van der Waals surface area (Å²) in [5.41, 5.74) is 1.89. The molecule has 0 aromatic heterocycles. The van der Waals surface area contributed by atoms with Crippen LogP contribution >= 0.6 is 0 Å². The van der Waals surface area contributed by atoms with Crippen molar-refractivity contribution in [3.8, 4) is 11.5 Å². The zero-order valence-electron chi connectivity index (χ0n) is 18.9. The standard InChI is InChI=1S/C27H28O7/c1-29-20-12-14-21(15-13-20)32-27-23(28)25(30-16-18-8-4-2-5-9-18)24-22(33-27)17-31-26(34-24)19-10-6-3-7-11-19/h2-15,22-28H,16-17H2,1H3/t22-,23-,24-,25-,26-,27-/m1/s1. The van der Waals surface area contributed by atoms with Crippen LogP contribution in [0.15, 0.2) is 84.9 Å². The predicted octanol–water partition coefficient (Wildman–Crippen LogP) is 3.86. The van der Waals surface area contributed by atoms with Gasteiger partial charge in [-0.15, -0.1) is 0 Å². The fourth-order valence-corrected chi connectivity index (χ4v) is 4.19. The van der Waals surface area contributed by atoms with E-state index in [-0.39, 0.29) is 6.61 Å². The first-order valence-electron chi connectivity index (χ1n) is 11.3. The lowest BCUT2D eigenvalue weighted by molar-refractivity contribution is -0.356. The van der Waals surface area contributed by atoms with Gasteiger partial charge in [0.25, 0.3) is 0 Å². The van der Waals surface area contributed by atoms with Crippen molar-refractivity contribution in [2.24, 2.45) is 0 Å². The van der Waals surface area contributed by atoms with E-state index in [1.807, 2.05) is 60.7 Å². The highest BCUT2D eigenvalue weighted by Crippen LogP contribution is 2.36. The third-order valence-corrected chi connectivity index (χ3v) is 5.98. The molecule has 6 atom stereocenters. The largest absolute Gasteiger partial charge is 0.497 e. The molecule has 2 heterocycles. The van der Waals surface area contributed by atoms with Gasteiger partial charge < -0.3 is 33.5 Å². The SMILES string of the molecule is COc1ccc(O[C@@H]2O[C@@H]3CO[C@@H](c4ccccc4)O[C@H]3[C@H](OCc3ccccc3)[C@H]2O)cc1. The van der Waals surface area contributed by atoms with Crippen molar-refractivity contribution in [1.29, 1.82) is 0 Å². The van der Waals surface area contributed by atoms with E-state index < -0.39 is 37.0 Å². The number of rotatable bonds is 7. The van der Waals surface area contributed by atoms with Gasteiger partial charge in [-0.1, -0.05) is 60.7 Å². The van der Waals surface area contributed by atoms with Crippen molar-refractivity contribution in [3.05, 3.63) is 96.1 Å². The first-order valence-corrected chi connectivity index (χ1v) is 11.3. The summed E-state index contributed by atoms with van der Waals surface area (Å²) in [5.74, 6) is 1.26. The number of hydrogen-bond acceptors (Lipinski definition) is 7. The normalized spacial score (nSPS) is 28.6. The first-order chi connectivity index (χ1) is 16.7. The molecule has 3 aromatic rings. The van der Waals surface area contributed by atoms with E-state index in [1.165, 1.54) is 0 Å². The van der Waals surface area contributed by atoms with Crippen LogP contribution < -0.4 is 9.47 Å². The Morgan fingerprint density at radius 2 is 1.53 bits per heavy atom. The van der Waals surface area contributed by atoms with E-state index in [4.69, 9.17) is 28.4 Å². The Labute approximate surface area is 198 Å². The summed E-state index contributed by atoms with van der Waals surface area (Å²) in [6, 6.07) is 26.6. The van der Waals surface area contributed by atoms with Crippen LogP contribution in [0.4, 0.5) is 0 Å². The Balaban J connectivity index is 1.35. The molecule has 0 bridgehead atoms. The van der Waals surface area contributed by atoms with Crippen molar-refractivity contribution >= 4 is 0 Å². The van der Waals surface area contributed by atoms with Crippen LogP contribution in [0.1, 0.15) is 17.4 Å². The Hall–Kier alpha value is -2.94. The van der Waals surface area contributed by atoms with E-state index in [1.54, 1.807) is 31.4 Å². The number of benzene rings is 3. The van der Waals surface area contributed by atoms with Gasteiger partial charge in [-0.25, -0.2) is 0 Å². The van der Waals surface area contributed by atoms with E-state index >= 15 is 0 Å². The highest BCUT2D eigenvalue weighted by Gasteiger charge is 2.51. The predicted molar refractivity (Wildman–Crippen MR) is 123 cm³/mol. The van der Waals surface area contributed by atoms with Gasteiger partial charge in [0.05, 0.1) is 20.3 Å². The lowest BCUT2D eigenvalue weighted by atomic mass is 9.97. The summed E-state index contributed by atoms with van der Waals surface area (Å²) >= 11 is 0. The van der Waals surface area contributed by atoms with Gasteiger partial charge in [0, 0.05) is 5.56 Å². The van der Waals surface area contributed by atoms with Crippen LogP contribution in [0.25, 0.3) is 0 Å². The van der Waals surface area contributed by atoms with Gasteiger partial charge in [0.15, 0.2) is 6.29 Å². The van der Waals surface area contributed by atoms with Crippen LogP contribution in [0, 0.1) is 0 Å². The molecule has 2 aliphatic rings. The molecule has 0 spiro atoms. The average Bonchev–Trinajstić information content (AvgIpc) is 2.90. The third kappa shape index (κ3) is 5.09. The molecule has 1 N–H and O–H groups in total. The molecule has 2 saturated heterocycles. The quantitative estimate of drug-likeness (QED) is 0.569. The highest BCUT2D eigenvalue weighted by molar-refractivity contribution is 5.31. The monoisotopic (exact) mass is 464 g/mol. The Kier molecular flexibility index (Phi) is 7.08. The molecule has 2 aliphatic heterocycles. The van der Waals surface area contributed by atoms with E-state index in [0.717, 1.165) is 11.1 Å². The lowest BCUT2D eigenvalue weighted by Crippen LogP contribution is -2.63. The second kappa shape index (κ2) is 10.5. The molecule has 2 fully saturated rings. The van der Waals surface area contributed by atoms with Gasteiger partial charge >= 0.3 is 0 Å². The van der Waals surface area contributed by atoms with Crippen molar-refractivity contribution in [2.75, 3.05) is 13.7 Å². The zero-order chi connectivity index (χ0) is 23.3. The van der Waals surface area contributed by atoms with Crippen molar-refractivity contribution in [2.45, 2.75) is 43.6 Å². The molecule has 0 saturated carbocycles. The van der Waals surface area contributed by atoms with E-state index in [2.05, 4.69) is 0 Å². The van der Waals surface area contributed by atoms with Crippen LogP contribution in [-0.2, 0) is 25.6 Å². The van der Waals surface area contributed by atoms with Gasteiger partial charge in [-0.2, -0.15) is 0 Å². The summed E-state index contributed by atoms with van der Waals surface area (Å²) in [4.78, 5) is 0. The summed E-state index contributed by atoms with van der Waals surface area (Å²) in [5, 5.41) is 11.2. The molecule has 7 heteroatoms. The van der Waals surface area contributed by atoms with Crippen LogP contribution in [0.5, 0.6) is 11.5 Å². The second-order valence-corrected chi connectivity index (χ2v) is 8.26. The van der Waals surface area contributed by atoms with E-state index in [9.17, 15) is 5.11 Å². The smallest absolute Gasteiger partial charge is 0.229 e. The van der Waals surface area contributed by atoms with Crippen molar-refractivity contribution < 1.29 is 33.5 Å². The summed E-state index contributed by atoms with van der Waals surface area (Å²) in [7, 11) is 1.60. The molecule has 178 valence electrons. The van der Waals surface area contributed by atoms with Crippen LogP contribution in [-0.4, -0.2) is 49.5 Å². The topological polar surface area (TPSA) is 75.6 Å². The average molecular weight is 465 g/mol. The van der Waals surface area contributed by atoms with Crippen molar-refractivity contribution in [3.63, 3.8) is 0 Å². The molecule has 0 radical (unpaired) electrons. The second-order valence-electron chi connectivity index (χ2n) is 8.26. The number of fused-ring (bicyclic) bond motifs is 1. The van der Waals surface area contributed by atoms with Gasteiger partial charge in [0.1, 0.15) is 35.9 Å². The molecule has 0 amide bonds. The zero-order valence-corrected chi connectivity index (χ0v) is 18.9. The maximum atomic E-state index is 11.2. The number of aliphatic hydroxyl groups is 1. The summed E-state index contributed by atoms with van der Waals surface area (Å²) in [6.07, 6.45) is -4.28. The number of ether oxygens (including phenoxy) is 6. The minimum atomic E-state index is -1.08. The molecule has 34 heavy (non-hydrogen) atoms. The summed E-state index contributed by atoms with van der Waals surface area (Å²) < 4.78 is 35.7. The highest BCUT2D eigenvalue weighted by atomic mass is 16.8. The van der Waals surface area contributed by atoms with Gasteiger partial charge in [0.2, 0.25) is 6.29 Å². The lowest BCUT2D eigenvalue weighted by Gasteiger charge is -2.47. The summed E-state index contributed by atoms with van der Waals surface area (Å²) in [6.45, 7) is 0.603. The molecule has 7 nitrogen and oxygen atoms in total. The minimum absolute atomic E-state index is 0.282. The fraction of sp³-hybridized carbons (Fsp3) is 0.333. The first kappa shape index (κ1) is 22.8. The van der Waals surface area contributed by atoms with Crippen molar-refractivity contribution in [1.82, 2.24) is 0 Å². The number of aliphatic hydroxyl groups excluding tert-OH is 1. The van der Waals surface area contributed by atoms with Crippen LogP contribution in [0.3, 0.4) is 0 Å². The molecule has 0 aliphatic carbocycles. The maximum absolute atomic E-state index is 11.2. The molecular weight excluding hydrogens is 436 g/mol. The number of hydrogen-bond donors (Lipinski definition) is 1. The molecule has 5 rings (SSSR count). The Bertz CT molecular complexity index is 1030. The van der Waals surface area contributed by atoms with Crippen LogP contribution in [0.2, 0.25) is 0 Å². The molecule has 0 unspecified atom stereocenters. The molecule has 3 aromatic carbocycles. The van der Waals surface area contributed by atoms with Gasteiger partial charge in [-0.3, -0.25) is 0 Å². The van der Waals surface area contributed by atoms with Gasteiger partial charge in [-0.05, 0) is 29.8 Å². The third-order valence-electron chi connectivity index (χ3n) is 5.98. The fourth-order valence-electron chi connectivity index (χ4n) is 4.19.